The van der Waals surface area contributed by atoms with Crippen LogP contribution >= 0.6 is 0 Å². The summed E-state index contributed by atoms with van der Waals surface area (Å²) >= 11 is 0. The van der Waals surface area contributed by atoms with Gasteiger partial charge in [0.25, 0.3) is 0 Å². The van der Waals surface area contributed by atoms with Gasteiger partial charge in [-0.05, 0) is 30.2 Å². The molecule has 0 spiro atoms. The first kappa shape index (κ1) is 21.4. The predicted molar refractivity (Wildman–Crippen MR) is 103 cm³/mol. The average Bonchev–Trinajstić information content (AvgIpc) is 2.73. The lowest BCUT2D eigenvalue weighted by molar-refractivity contribution is -0.138. The van der Waals surface area contributed by atoms with Gasteiger partial charge in [-0.3, -0.25) is 4.90 Å². The van der Waals surface area contributed by atoms with Gasteiger partial charge in [0.15, 0.2) is 5.41 Å². The van der Waals surface area contributed by atoms with Crippen LogP contribution in [0.15, 0.2) is 47.2 Å². The monoisotopic (exact) mass is 411 g/mol. The third kappa shape index (κ3) is 3.22. The van der Waals surface area contributed by atoms with Gasteiger partial charge in [-0.25, -0.2) is 0 Å². The maximum absolute atomic E-state index is 13.8. The van der Waals surface area contributed by atoms with Crippen LogP contribution in [0, 0.1) is 45.3 Å². The summed E-state index contributed by atoms with van der Waals surface area (Å²) in [5.74, 6) is -1.80. The lowest BCUT2D eigenvalue weighted by Crippen LogP contribution is -2.48. The molecule has 3 rings (SSSR count). The molecule has 0 bridgehead atoms. The number of nitriles is 3. The fourth-order valence-electron chi connectivity index (χ4n) is 4.61. The van der Waals surface area contributed by atoms with E-state index in [0.717, 1.165) is 12.5 Å². The third-order valence-corrected chi connectivity index (χ3v) is 5.88. The van der Waals surface area contributed by atoms with Gasteiger partial charge in [0.05, 0.1) is 29.0 Å². The number of hydrogen-bond donors (Lipinski definition) is 1. The standard InChI is InChI=1S/C22H20F3N5/c1-2-8-30-9-7-14-16(10-26)20(29)21(12-27,13-28)19(17(14)11-30)15-5-3-4-6-18(15)22(23,24)25/h3-7,17,19H,2,8-9,11,29H2,1H3/t17-,19-/m0/s1. The first-order valence-corrected chi connectivity index (χ1v) is 9.56. The number of halogens is 3. The molecule has 8 heteroatoms. The number of benzene rings is 1. The normalized spacial score (nSPS) is 23.6. The predicted octanol–water partition coefficient (Wildman–Crippen LogP) is 3.84. The Kier molecular flexibility index (Phi) is 5.61. The third-order valence-electron chi connectivity index (χ3n) is 5.88. The molecule has 1 aliphatic heterocycles. The summed E-state index contributed by atoms with van der Waals surface area (Å²) in [6.45, 7) is 3.56. The number of nitrogens with two attached hydrogens (primary N) is 1. The summed E-state index contributed by atoms with van der Waals surface area (Å²) in [5.41, 5.74) is 3.30. The van der Waals surface area contributed by atoms with Crippen molar-refractivity contribution in [2.45, 2.75) is 25.4 Å². The molecule has 5 nitrogen and oxygen atoms in total. The second-order valence-electron chi connectivity index (χ2n) is 7.52. The Hall–Kier alpha value is -3.28. The van der Waals surface area contributed by atoms with Crippen molar-refractivity contribution in [3.05, 3.63) is 58.3 Å². The molecule has 2 aliphatic rings. The Morgan fingerprint density at radius 1 is 1.20 bits per heavy atom. The highest BCUT2D eigenvalue weighted by atomic mass is 19.4. The van der Waals surface area contributed by atoms with Crippen LogP contribution in [0.2, 0.25) is 0 Å². The molecule has 0 amide bonds. The molecule has 0 saturated carbocycles. The highest BCUT2D eigenvalue weighted by Gasteiger charge is 2.56. The maximum Gasteiger partial charge on any atom is 0.416 e. The Balaban J connectivity index is 2.35. The van der Waals surface area contributed by atoms with Gasteiger partial charge in [0.2, 0.25) is 0 Å². The number of rotatable bonds is 3. The number of fused-ring (bicyclic) bond motifs is 1. The molecule has 0 radical (unpaired) electrons. The van der Waals surface area contributed by atoms with E-state index in [-0.39, 0.29) is 16.8 Å². The second kappa shape index (κ2) is 7.86. The van der Waals surface area contributed by atoms with Crippen LogP contribution in [0.1, 0.15) is 30.4 Å². The van der Waals surface area contributed by atoms with Crippen molar-refractivity contribution < 1.29 is 13.2 Å². The number of alkyl halides is 3. The SMILES string of the molecule is CCCN1CC=C2C(C#N)=C(N)C(C#N)(C#N)[C@@H](c3ccccc3C(F)(F)F)[C@H]2C1. The fraction of sp³-hybridized carbons (Fsp3) is 0.409. The number of hydrogen-bond acceptors (Lipinski definition) is 5. The molecule has 0 fully saturated rings. The van der Waals surface area contributed by atoms with Crippen molar-refractivity contribution in [3.8, 4) is 18.2 Å². The van der Waals surface area contributed by atoms with E-state index in [1.165, 1.54) is 18.2 Å². The second-order valence-corrected chi connectivity index (χ2v) is 7.52. The van der Waals surface area contributed by atoms with Gasteiger partial charge in [0, 0.05) is 24.9 Å². The van der Waals surface area contributed by atoms with Gasteiger partial charge in [0.1, 0.15) is 6.07 Å². The minimum atomic E-state index is -4.66. The van der Waals surface area contributed by atoms with Crippen molar-refractivity contribution in [1.82, 2.24) is 4.90 Å². The van der Waals surface area contributed by atoms with E-state index < -0.39 is 29.0 Å². The molecule has 2 atom stereocenters. The van der Waals surface area contributed by atoms with Gasteiger partial charge in [-0.1, -0.05) is 31.2 Å². The van der Waals surface area contributed by atoms with Crippen LogP contribution < -0.4 is 5.73 Å². The molecule has 30 heavy (non-hydrogen) atoms. The Labute approximate surface area is 173 Å². The van der Waals surface area contributed by atoms with Crippen LogP contribution in [0.4, 0.5) is 13.2 Å². The Morgan fingerprint density at radius 3 is 2.43 bits per heavy atom. The topological polar surface area (TPSA) is 101 Å². The quantitative estimate of drug-likeness (QED) is 0.814. The van der Waals surface area contributed by atoms with Crippen LogP contribution in [0.3, 0.4) is 0 Å². The summed E-state index contributed by atoms with van der Waals surface area (Å²) in [4.78, 5) is 2.05. The minimum absolute atomic E-state index is 0.0278. The van der Waals surface area contributed by atoms with Gasteiger partial charge in [-0.2, -0.15) is 29.0 Å². The summed E-state index contributed by atoms with van der Waals surface area (Å²) in [5, 5.41) is 29.7. The van der Waals surface area contributed by atoms with E-state index >= 15 is 0 Å². The zero-order chi connectivity index (χ0) is 22.1. The summed E-state index contributed by atoms with van der Waals surface area (Å²) in [7, 11) is 0. The first-order valence-electron chi connectivity index (χ1n) is 9.56. The van der Waals surface area contributed by atoms with E-state index in [1.807, 2.05) is 30.0 Å². The zero-order valence-electron chi connectivity index (χ0n) is 16.4. The fourth-order valence-corrected chi connectivity index (χ4v) is 4.61. The Morgan fingerprint density at radius 2 is 1.87 bits per heavy atom. The van der Waals surface area contributed by atoms with Crippen molar-refractivity contribution in [2.24, 2.45) is 17.1 Å². The molecule has 1 aromatic rings. The zero-order valence-corrected chi connectivity index (χ0v) is 16.4. The van der Waals surface area contributed by atoms with E-state index in [2.05, 4.69) is 0 Å². The van der Waals surface area contributed by atoms with Crippen LogP contribution in [0.25, 0.3) is 0 Å². The number of allylic oxidation sites excluding steroid dienone is 2. The molecule has 154 valence electrons. The average molecular weight is 411 g/mol. The van der Waals surface area contributed by atoms with Crippen molar-refractivity contribution in [2.75, 3.05) is 19.6 Å². The summed E-state index contributed by atoms with van der Waals surface area (Å²) in [6, 6.07) is 10.7. The van der Waals surface area contributed by atoms with Crippen LogP contribution in [-0.2, 0) is 6.18 Å². The molecule has 1 heterocycles. The molecular weight excluding hydrogens is 391 g/mol. The highest BCUT2D eigenvalue weighted by molar-refractivity contribution is 5.60. The molecule has 0 saturated heterocycles. The molecule has 1 aliphatic carbocycles. The molecule has 1 aromatic carbocycles. The summed E-state index contributed by atoms with van der Waals surface area (Å²) in [6.07, 6.45) is -2.04. The largest absolute Gasteiger partial charge is 0.416 e. The van der Waals surface area contributed by atoms with Gasteiger partial charge >= 0.3 is 6.18 Å². The first-order chi connectivity index (χ1) is 14.2. The molecule has 0 unspecified atom stereocenters. The lowest BCUT2D eigenvalue weighted by atomic mass is 9.57. The van der Waals surface area contributed by atoms with Crippen molar-refractivity contribution >= 4 is 0 Å². The van der Waals surface area contributed by atoms with E-state index in [1.54, 1.807) is 6.08 Å². The minimum Gasteiger partial charge on any atom is -0.399 e. The van der Waals surface area contributed by atoms with Crippen LogP contribution in [-0.4, -0.2) is 24.5 Å². The van der Waals surface area contributed by atoms with Crippen molar-refractivity contribution in [3.63, 3.8) is 0 Å². The number of nitrogens with zero attached hydrogens (tertiary/aromatic N) is 4. The maximum atomic E-state index is 13.8. The van der Waals surface area contributed by atoms with E-state index in [0.29, 0.717) is 25.2 Å². The van der Waals surface area contributed by atoms with Crippen molar-refractivity contribution in [1.29, 1.82) is 15.8 Å². The van der Waals surface area contributed by atoms with E-state index in [9.17, 15) is 29.0 Å². The Bertz CT molecular complexity index is 1020. The van der Waals surface area contributed by atoms with Gasteiger partial charge < -0.3 is 5.73 Å². The lowest BCUT2D eigenvalue weighted by Gasteiger charge is -2.46. The molecule has 0 aromatic heterocycles. The molecule has 2 N–H and O–H groups in total. The molecular formula is C22H20F3N5. The van der Waals surface area contributed by atoms with Crippen LogP contribution in [0.5, 0.6) is 0 Å². The van der Waals surface area contributed by atoms with Gasteiger partial charge in [-0.15, -0.1) is 0 Å². The highest BCUT2D eigenvalue weighted by Crippen LogP contribution is 2.55. The summed E-state index contributed by atoms with van der Waals surface area (Å²) < 4.78 is 41.5. The van der Waals surface area contributed by atoms with E-state index in [4.69, 9.17) is 5.73 Å². The smallest absolute Gasteiger partial charge is 0.399 e.